The summed E-state index contributed by atoms with van der Waals surface area (Å²) in [6.45, 7) is 4.68. The van der Waals surface area contributed by atoms with E-state index in [1.165, 1.54) is 29.1 Å². The Bertz CT molecular complexity index is 1010. The first kappa shape index (κ1) is 17.5. The highest BCUT2D eigenvalue weighted by Crippen LogP contribution is 2.34. The van der Waals surface area contributed by atoms with Crippen LogP contribution in [0.4, 0.5) is 4.39 Å². The Morgan fingerprint density at radius 3 is 2.74 bits per heavy atom. The Labute approximate surface area is 154 Å². The van der Waals surface area contributed by atoms with E-state index in [0.717, 1.165) is 12.8 Å². The second-order valence-corrected chi connectivity index (χ2v) is 7.21. The van der Waals surface area contributed by atoms with E-state index in [1.807, 2.05) is 13.8 Å². The van der Waals surface area contributed by atoms with Crippen LogP contribution in [0.3, 0.4) is 0 Å². The van der Waals surface area contributed by atoms with Crippen LogP contribution in [0.25, 0.3) is 17.3 Å². The van der Waals surface area contributed by atoms with Crippen LogP contribution in [0, 0.1) is 5.82 Å². The normalized spacial score (nSPS) is 19.1. The largest absolute Gasteiger partial charge is 0.376 e. The topological polar surface area (TPSA) is 83.0 Å². The SMILES string of the molecule is CC1(C)CC(c2noc(-c3nn(-c4ccc(F)cc4)ccc3=O)n2)CCO1. The molecule has 3 heterocycles. The van der Waals surface area contributed by atoms with Gasteiger partial charge in [-0.05, 0) is 51.0 Å². The molecule has 0 radical (unpaired) electrons. The van der Waals surface area contributed by atoms with Crippen molar-refractivity contribution in [3.63, 3.8) is 0 Å². The van der Waals surface area contributed by atoms with Crippen molar-refractivity contribution in [2.45, 2.75) is 38.2 Å². The number of hydrogen-bond donors (Lipinski definition) is 0. The third-order valence-corrected chi connectivity index (χ3v) is 4.61. The van der Waals surface area contributed by atoms with Crippen LogP contribution in [-0.2, 0) is 4.74 Å². The number of hydrogen-bond acceptors (Lipinski definition) is 6. The summed E-state index contributed by atoms with van der Waals surface area (Å²) < 4.78 is 25.6. The highest BCUT2D eigenvalue weighted by Gasteiger charge is 2.32. The fourth-order valence-corrected chi connectivity index (χ4v) is 3.24. The molecule has 27 heavy (non-hydrogen) atoms. The molecule has 0 bridgehead atoms. The number of halogens is 1. The van der Waals surface area contributed by atoms with Gasteiger partial charge in [0, 0.05) is 24.8 Å². The summed E-state index contributed by atoms with van der Waals surface area (Å²) in [6.07, 6.45) is 3.08. The Morgan fingerprint density at radius 1 is 1.22 bits per heavy atom. The van der Waals surface area contributed by atoms with Crippen LogP contribution in [0.2, 0.25) is 0 Å². The van der Waals surface area contributed by atoms with Crippen molar-refractivity contribution in [1.82, 2.24) is 19.9 Å². The van der Waals surface area contributed by atoms with Crippen molar-refractivity contribution in [1.29, 1.82) is 0 Å². The zero-order chi connectivity index (χ0) is 19.0. The minimum atomic E-state index is -0.346. The molecule has 7 nitrogen and oxygen atoms in total. The third kappa shape index (κ3) is 3.66. The molecule has 0 N–H and O–H groups in total. The van der Waals surface area contributed by atoms with Gasteiger partial charge in [0.1, 0.15) is 5.82 Å². The van der Waals surface area contributed by atoms with Crippen LogP contribution in [-0.4, -0.2) is 32.1 Å². The first-order chi connectivity index (χ1) is 12.9. The molecule has 1 aromatic carbocycles. The predicted octanol–water partition coefficient (Wildman–Crippen LogP) is 3.09. The molecule has 1 unspecified atom stereocenters. The molecule has 4 rings (SSSR count). The van der Waals surface area contributed by atoms with E-state index < -0.39 is 0 Å². The van der Waals surface area contributed by atoms with E-state index in [4.69, 9.17) is 9.26 Å². The quantitative estimate of drug-likeness (QED) is 0.705. The lowest BCUT2D eigenvalue weighted by Crippen LogP contribution is -2.33. The minimum absolute atomic E-state index is 0.0619. The highest BCUT2D eigenvalue weighted by atomic mass is 19.1. The zero-order valence-corrected chi connectivity index (χ0v) is 15.1. The third-order valence-electron chi connectivity index (χ3n) is 4.61. The molecule has 0 amide bonds. The number of nitrogens with zero attached hydrogens (tertiary/aromatic N) is 4. The van der Waals surface area contributed by atoms with Crippen LogP contribution in [0.5, 0.6) is 0 Å². The van der Waals surface area contributed by atoms with Crippen LogP contribution in [0.1, 0.15) is 38.4 Å². The van der Waals surface area contributed by atoms with Crippen LogP contribution >= 0.6 is 0 Å². The summed E-state index contributed by atoms with van der Waals surface area (Å²) >= 11 is 0. The number of aromatic nitrogens is 4. The fourth-order valence-electron chi connectivity index (χ4n) is 3.24. The molecule has 3 aromatic rings. The average molecular weight is 370 g/mol. The lowest BCUT2D eigenvalue weighted by molar-refractivity contribution is -0.0604. The summed E-state index contributed by atoms with van der Waals surface area (Å²) in [5, 5.41) is 8.35. The monoisotopic (exact) mass is 370 g/mol. The molecule has 1 fully saturated rings. The molecule has 2 aromatic heterocycles. The van der Waals surface area contributed by atoms with Gasteiger partial charge < -0.3 is 9.26 Å². The maximum Gasteiger partial charge on any atom is 0.282 e. The number of rotatable bonds is 3. The Balaban J connectivity index is 1.66. The van der Waals surface area contributed by atoms with Gasteiger partial charge >= 0.3 is 0 Å². The summed E-state index contributed by atoms with van der Waals surface area (Å²) in [4.78, 5) is 16.7. The fraction of sp³-hybridized carbons (Fsp3) is 0.368. The smallest absolute Gasteiger partial charge is 0.282 e. The van der Waals surface area contributed by atoms with Gasteiger partial charge in [-0.1, -0.05) is 5.16 Å². The van der Waals surface area contributed by atoms with Gasteiger partial charge in [-0.3, -0.25) is 4.79 Å². The van der Waals surface area contributed by atoms with Gasteiger partial charge in [0.05, 0.1) is 11.3 Å². The predicted molar refractivity (Wildman–Crippen MR) is 95.1 cm³/mol. The molecular formula is C19H19FN4O3. The summed E-state index contributed by atoms with van der Waals surface area (Å²) in [5.41, 5.74) is 0.107. The lowest BCUT2D eigenvalue weighted by atomic mass is 9.88. The van der Waals surface area contributed by atoms with Crippen molar-refractivity contribution in [3.8, 4) is 17.3 Å². The first-order valence-corrected chi connectivity index (χ1v) is 8.75. The van der Waals surface area contributed by atoms with E-state index in [2.05, 4.69) is 15.2 Å². The number of benzene rings is 1. The van der Waals surface area contributed by atoms with E-state index in [9.17, 15) is 9.18 Å². The van der Waals surface area contributed by atoms with Crippen molar-refractivity contribution < 1.29 is 13.7 Å². The molecule has 1 saturated heterocycles. The first-order valence-electron chi connectivity index (χ1n) is 8.75. The molecular weight excluding hydrogens is 351 g/mol. The van der Waals surface area contributed by atoms with E-state index in [-0.39, 0.29) is 34.3 Å². The molecule has 140 valence electrons. The maximum absolute atomic E-state index is 13.1. The molecule has 1 aliphatic heterocycles. The molecule has 1 aliphatic rings. The van der Waals surface area contributed by atoms with Crippen molar-refractivity contribution in [2.24, 2.45) is 0 Å². The molecule has 0 saturated carbocycles. The lowest BCUT2D eigenvalue weighted by Gasteiger charge is -2.34. The molecule has 8 heteroatoms. The Kier molecular flexibility index (Phi) is 4.35. The van der Waals surface area contributed by atoms with Gasteiger partial charge in [0.25, 0.3) is 5.89 Å². The molecule has 1 atom stereocenters. The van der Waals surface area contributed by atoms with Crippen molar-refractivity contribution >= 4 is 0 Å². The van der Waals surface area contributed by atoms with E-state index in [0.29, 0.717) is 18.1 Å². The summed E-state index contributed by atoms with van der Waals surface area (Å²) in [7, 11) is 0. The molecule has 0 aliphatic carbocycles. The average Bonchev–Trinajstić information content (AvgIpc) is 3.12. The standard InChI is InChI=1S/C19H19FN4O3/c1-19(2)11-12(8-10-26-19)17-21-18(27-23-17)16-15(25)7-9-24(22-16)14-5-3-13(20)4-6-14/h3-7,9,12H,8,10-11H2,1-2H3. The van der Waals surface area contributed by atoms with Gasteiger partial charge in [-0.2, -0.15) is 10.1 Å². The zero-order valence-electron chi connectivity index (χ0n) is 15.1. The summed E-state index contributed by atoms with van der Waals surface area (Å²) in [5.74, 6) is 0.394. The van der Waals surface area contributed by atoms with Gasteiger partial charge in [0.15, 0.2) is 11.5 Å². The van der Waals surface area contributed by atoms with Crippen molar-refractivity contribution in [3.05, 3.63) is 58.4 Å². The van der Waals surface area contributed by atoms with Gasteiger partial charge in [-0.15, -0.1) is 0 Å². The van der Waals surface area contributed by atoms with Crippen LogP contribution < -0.4 is 5.43 Å². The highest BCUT2D eigenvalue weighted by molar-refractivity contribution is 5.46. The Morgan fingerprint density at radius 2 is 2.00 bits per heavy atom. The van der Waals surface area contributed by atoms with Gasteiger partial charge in [0.2, 0.25) is 5.43 Å². The molecule has 0 spiro atoms. The van der Waals surface area contributed by atoms with Crippen molar-refractivity contribution in [2.75, 3.05) is 6.61 Å². The Hall–Kier alpha value is -2.87. The van der Waals surface area contributed by atoms with E-state index in [1.54, 1.807) is 12.1 Å². The van der Waals surface area contributed by atoms with E-state index >= 15 is 0 Å². The maximum atomic E-state index is 13.1. The van der Waals surface area contributed by atoms with Gasteiger partial charge in [-0.25, -0.2) is 9.07 Å². The number of ether oxygens (including phenoxy) is 1. The minimum Gasteiger partial charge on any atom is -0.376 e. The second kappa shape index (κ2) is 6.70. The van der Waals surface area contributed by atoms with Crippen LogP contribution in [0.15, 0.2) is 45.8 Å². The second-order valence-electron chi connectivity index (χ2n) is 7.21. The summed E-state index contributed by atoms with van der Waals surface area (Å²) in [6, 6.07) is 7.16.